The van der Waals surface area contributed by atoms with Crippen LogP contribution in [0.15, 0.2) is 12.1 Å². The van der Waals surface area contributed by atoms with Gasteiger partial charge in [0.25, 0.3) is 0 Å². The first-order chi connectivity index (χ1) is 11.8. The number of benzene rings is 1. The molecule has 1 saturated heterocycles. The van der Waals surface area contributed by atoms with Gasteiger partial charge in [0, 0.05) is 19.2 Å². The molecule has 8 nitrogen and oxygen atoms in total. The lowest BCUT2D eigenvalue weighted by Gasteiger charge is -2.27. The normalized spacial score (nSPS) is 16.5. The maximum atomic E-state index is 12.2. The van der Waals surface area contributed by atoms with Crippen LogP contribution in [0, 0.1) is 10.1 Å². The standard InChI is InChI=1S/C17H24N2O6/c1-10(2)24-15-8-12(17(20)25-11(3)4)7-14(16(15)19(21)22)18-9-13-5-6-23-13/h7-8,10-11,13,18H,5-6,9H2,1-4H3/t13-/m0/s1. The van der Waals surface area contributed by atoms with Gasteiger partial charge < -0.3 is 19.5 Å². The summed E-state index contributed by atoms with van der Waals surface area (Å²) in [4.78, 5) is 23.3. The smallest absolute Gasteiger partial charge is 0.338 e. The van der Waals surface area contributed by atoms with E-state index in [1.165, 1.54) is 12.1 Å². The molecule has 1 aliphatic heterocycles. The molecule has 1 fully saturated rings. The van der Waals surface area contributed by atoms with Gasteiger partial charge in [-0.1, -0.05) is 0 Å². The number of nitro groups is 1. The number of nitro benzene ring substituents is 1. The number of carbonyl (C=O) groups excluding carboxylic acids is 1. The van der Waals surface area contributed by atoms with Crippen molar-refractivity contribution >= 4 is 17.3 Å². The van der Waals surface area contributed by atoms with Gasteiger partial charge in [0.05, 0.1) is 28.8 Å². The van der Waals surface area contributed by atoms with E-state index in [0.29, 0.717) is 13.2 Å². The maximum Gasteiger partial charge on any atom is 0.338 e. The monoisotopic (exact) mass is 352 g/mol. The van der Waals surface area contributed by atoms with Crippen molar-refractivity contribution in [2.75, 3.05) is 18.5 Å². The zero-order valence-electron chi connectivity index (χ0n) is 14.9. The van der Waals surface area contributed by atoms with Gasteiger partial charge in [-0.2, -0.15) is 0 Å². The van der Waals surface area contributed by atoms with E-state index in [1.807, 2.05) is 0 Å². The number of nitrogens with zero attached hydrogens (tertiary/aromatic N) is 1. The van der Waals surface area contributed by atoms with E-state index in [2.05, 4.69) is 5.32 Å². The molecule has 138 valence electrons. The van der Waals surface area contributed by atoms with Crippen LogP contribution in [0.4, 0.5) is 11.4 Å². The Hall–Kier alpha value is -2.35. The Bertz CT molecular complexity index is 640. The first-order valence-corrected chi connectivity index (χ1v) is 8.33. The fourth-order valence-corrected chi connectivity index (χ4v) is 2.34. The van der Waals surface area contributed by atoms with Crippen LogP contribution in [0.25, 0.3) is 0 Å². The molecule has 1 N–H and O–H groups in total. The van der Waals surface area contributed by atoms with Crippen LogP contribution in [0.2, 0.25) is 0 Å². The Morgan fingerprint density at radius 2 is 2.04 bits per heavy atom. The predicted molar refractivity (Wildman–Crippen MR) is 92.3 cm³/mol. The van der Waals surface area contributed by atoms with Crippen molar-refractivity contribution in [3.63, 3.8) is 0 Å². The third-order valence-corrected chi connectivity index (χ3v) is 3.51. The summed E-state index contributed by atoms with van der Waals surface area (Å²) in [5.74, 6) is -0.517. The maximum absolute atomic E-state index is 12.2. The summed E-state index contributed by atoms with van der Waals surface area (Å²) >= 11 is 0. The average molecular weight is 352 g/mol. The molecule has 0 aliphatic carbocycles. The highest BCUT2D eigenvalue weighted by Gasteiger charge is 2.27. The molecule has 1 atom stereocenters. The lowest BCUT2D eigenvalue weighted by molar-refractivity contribution is -0.385. The van der Waals surface area contributed by atoms with E-state index < -0.39 is 10.9 Å². The van der Waals surface area contributed by atoms with E-state index in [4.69, 9.17) is 14.2 Å². The number of anilines is 1. The molecule has 2 rings (SSSR count). The SMILES string of the molecule is CC(C)OC(=O)c1cc(NC[C@@H]2CCO2)c([N+](=O)[O-])c(OC(C)C)c1. The van der Waals surface area contributed by atoms with Crippen LogP contribution in [0.5, 0.6) is 5.75 Å². The van der Waals surface area contributed by atoms with E-state index in [1.54, 1.807) is 27.7 Å². The minimum absolute atomic E-state index is 0.0142. The van der Waals surface area contributed by atoms with Crippen molar-refractivity contribution in [3.8, 4) is 5.75 Å². The Labute approximate surface area is 146 Å². The molecule has 1 aliphatic rings. The van der Waals surface area contributed by atoms with Gasteiger partial charge in [0.2, 0.25) is 0 Å². The Balaban J connectivity index is 2.39. The first kappa shape index (κ1) is 19.0. The summed E-state index contributed by atoms with van der Waals surface area (Å²) in [6.07, 6.45) is 0.334. The molecular formula is C17H24N2O6. The third kappa shape index (κ3) is 5.06. The highest BCUT2D eigenvalue weighted by Crippen LogP contribution is 2.37. The zero-order valence-corrected chi connectivity index (χ0v) is 14.9. The predicted octanol–water partition coefficient (Wildman–Crippen LogP) is 3.15. The number of rotatable bonds is 8. The van der Waals surface area contributed by atoms with E-state index in [9.17, 15) is 14.9 Å². The summed E-state index contributed by atoms with van der Waals surface area (Å²) in [7, 11) is 0. The largest absolute Gasteiger partial charge is 0.484 e. The highest BCUT2D eigenvalue weighted by atomic mass is 16.6. The van der Waals surface area contributed by atoms with Crippen molar-refractivity contribution in [1.29, 1.82) is 0 Å². The van der Waals surface area contributed by atoms with E-state index in [-0.39, 0.29) is 41.0 Å². The zero-order chi connectivity index (χ0) is 18.6. The topological polar surface area (TPSA) is 99.9 Å². The molecule has 0 bridgehead atoms. The fraction of sp³-hybridized carbons (Fsp3) is 0.588. The van der Waals surface area contributed by atoms with Crippen molar-refractivity contribution < 1.29 is 23.9 Å². The minimum Gasteiger partial charge on any atom is -0.484 e. The molecule has 8 heteroatoms. The Morgan fingerprint density at radius 1 is 1.36 bits per heavy atom. The Morgan fingerprint density at radius 3 is 2.52 bits per heavy atom. The van der Waals surface area contributed by atoms with Gasteiger partial charge in [-0.25, -0.2) is 4.79 Å². The van der Waals surface area contributed by atoms with Gasteiger partial charge >= 0.3 is 11.7 Å². The first-order valence-electron chi connectivity index (χ1n) is 8.33. The van der Waals surface area contributed by atoms with Gasteiger partial charge in [0.15, 0.2) is 5.75 Å². The van der Waals surface area contributed by atoms with Gasteiger partial charge in [-0.05, 0) is 40.2 Å². The lowest BCUT2D eigenvalue weighted by atomic mass is 10.1. The third-order valence-electron chi connectivity index (χ3n) is 3.51. The average Bonchev–Trinajstić information content (AvgIpc) is 2.43. The van der Waals surface area contributed by atoms with Gasteiger partial charge in [0.1, 0.15) is 5.69 Å². The second-order valence-corrected chi connectivity index (χ2v) is 6.41. The molecule has 1 aromatic rings. The molecule has 0 saturated carbocycles. The number of hydrogen-bond acceptors (Lipinski definition) is 7. The number of esters is 1. The van der Waals surface area contributed by atoms with Crippen LogP contribution in [0.1, 0.15) is 44.5 Å². The lowest BCUT2D eigenvalue weighted by Crippen LogP contribution is -2.33. The molecular weight excluding hydrogens is 328 g/mol. The van der Waals surface area contributed by atoms with Crippen LogP contribution in [-0.2, 0) is 9.47 Å². The summed E-state index contributed by atoms with van der Waals surface area (Å²) in [5.41, 5.74) is 0.218. The summed E-state index contributed by atoms with van der Waals surface area (Å²) < 4.78 is 16.1. The molecule has 1 aromatic carbocycles. The minimum atomic E-state index is -0.554. The van der Waals surface area contributed by atoms with Crippen molar-refractivity contribution in [2.45, 2.75) is 52.4 Å². The summed E-state index contributed by atoms with van der Waals surface area (Å²) in [6.45, 7) is 8.11. The molecule has 0 radical (unpaired) electrons. The summed E-state index contributed by atoms with van der Waals surface area (Å²) in [5, 5.41) is 14.6. The van der Waals surface area contributed by atoms with Gasteiger partial charge in [-0.3, -0.25) is 10.1 Å². The number of ether oxygens (including phenoxy) is 3. The van der Waals surface area contributed by atoms with Crippen molar-refractivity contribution in [2.24, 2.45) is 0 Å². The number of hydrogen-bond donors (Lipinski definition) is 1. The molecule has 0 amide bonds. The number of carbonyl (C=O) groups is 1. The fourth-order valence-electron chi connectivity index (χ4n) is 2.34. The second kappa shape index (κ2) is 8.15. The Kier molecular flexibility index (Phi) is 6.19. The summed E-state index contributed by atoms with van der Waals surface area (Å²) in [6, 6.07) is 2.78. The van der Waals surface area contributed by atoms with Crippen LogP contribution in [-0.4, -0.2) is 42.4 Å². The highest BCUT2D eigenvalue weighted by molar-refractivity contribution is 5.93. The van der Waals surface area contributed by atoms with E-state index >= 15 is 0 Å². The quantitative estimate of drug-likeness (QED) is 0.436. The molecule has 0 aromatic heterocycles. The molecule has 0 spiro atoms. The molecule has 25 heavy (non-hydrogen) atoms. The van der Waals surface area contributed by atoms with Gasteiger partial charge in [-0.15, -0.1) is 0 Å². The van der Waals surface area contributed by atoms with E-state index in [0.717, 1.165) is 6.42 Å². The van der Waals surface area contributed by atoms with Crippen LogP contribution in [0.3, 0.4) is 0 Å². The van der Waals surface area contributed by atoms with Crippen LogP contribution >= 0.6 is 0 Å². The second-order valence-electron chi connectivity index (χ2n) is 6.41. The van der Waals surface area contributed by atoms with Crippen molar-refractivity contribution in [3.05, 3.63) is 27.8 Å². The van der Waals surface area contributed by atoms with Crippen LogP contribution < -0.4 is 10.1 Å². The number of nitrogens with one attached hydrogen (secondary N) is 1. The molecule has 0 unspecified atom stereocenters. The molecule has 1 heterocycles. The van der Waals surface area contributed by atoms with Crippen molar-refractivity contribution in [1.82, 2.24) is 0 Å².